The first-order valence-corrected chi connectivity index (χ1v) is 16.2. The Morgan fingerprint density at radius 3 is 0.932 bits per heavy atom. The molecular formula is C36H24Cl3O4P. The van der Waals surface area contributed by atoms with Crippen molar-refractivity contribution >= 4 is 42.6 Å². The minimum atomic E-state index is -4.50. The van der Waals surface area contributed by atoms with E-state index in [4.69, 9.17) is 48.4 Å². The Hall–Kier alpha value is -4.18. The average molecular weight is 658 g/mol. The second-order valence-electron chi connectivity index (χ2n) is 9.74. The van der Waals surface area contributed by atoms with E-state index in [1.54, 1.807) is 54.6 Å². The zero-order chi connectivity index (χ0) is 30.5. The van der Waals surface area contributed by atoms with Gasteiger partial charge in [-0.25, -0.2) is 0 Å². The smallest absolute Gasteiger partial charge is 0.385 e. The molecule has 0 atom stereocenters. The molecule has 0 amide bonds. The molecule has 0 heterocycles. The number of hydrogen-bond acceptors (Lipinski definition) is 4. The van der Waals surface area contributed by atoms with E-state index in [-0.39, 0.29) is 17.2 Å². The number of phosphoric acid groups is 1. The molecule has 8 heteroatoms. The Labute approximate surface area is 271 Å². The zero-order valence-corrected chi connectivity index (χ0v) is 26.2. The van der Waals surface area contributed by atoms with Gasteiger partial charge in [-0.2, -0.15) is 4.57 Å². The van der Waals surface area contributed by atoms with Crippen LogP contribution in [0.1, 0.15) is 0 Å². The van der Waals surface area contributed by atoms with Gasteiger partial charge >= 0.3 is 7.82 Å². The standard InChI is InChI=1S/C36H24Cl3O4P/c37-28-16-19-34(31(22-28)25-10-4-1-5-11-25)41-44(40,42-35-20-17-29(38)23-32(35)26-12-6-2-7-13-26)43-36-21-18-30(39)24-33(36)27-14-8-3-9-15-27/h1-24H. The molecule has 0 bridgehead atoms. The molecule has 0 aliphatic carbocycles. The Bertz CT molecular complexity index is 1730. The minimum absolute atomic E-state index is 0.259. The Morgan fingerprint density at radius 1 is 0.386 bits per heavy atom. The fourth-order valence-corrected chi connectivity index (χ4v) is 6.52. The van der Waals surface area contributed by atoms with Crippen molar-refractivity contribution in [3.63, 3.8) is 0 Å². The van der Waals surface area contributed by atoms with Gasteiger partial charge in [0, 0.05) is 31.8 Å². The molecule has 44 heavy (non-hydrogen) atoms. The molecule has 218 valence electrons. The van der Waals surface area contributed by atoms with Crippen molar-refractivity contribution in [3.05, 3.63) is 161 Å². The quantitative estimate of drug-likeness (QED) is 0.145. The Morgan fingerprint density at radius 2 is 0.659 bits per heavy atom. The topological polar surface area (TPSA) is 44.8 Å². The molecule has 0 spiro atoms. The molecule has 6 aromatic rings. The van der Waals surface area contributed by atoms with Gasteiger partial charge < -0.3 is 13.6 Å². The summed E-state index contributed by atoms with van der Waals surface area (Å²) >= 11 is 19.2. The van der Waals surface area contributed by atoms with Crippen LogP contribution in [0, 0.1) is 0 Å². The van der Waals surface area contributed by atoms with E-state index in [2.05, 4.69) is 0 Å². The number of hydrogen-bond donors (Lipinski definition) is 0. The van der Waals surface area contributed by atoms with Crippen molar-refractivity contribution in [3.8, 4) is 50.6 Å². The lowest BCUT2D eigenvalue weighted by atomic mass is 10.1. The van der Waals surface area contributed by atoms with Crippen LogP contribution in [-0.2, 0) is 4.57 Å². The number of rotatable bonds is 9. The van der Waals surface area contributed by atoms with Gasteiger partial charge in [0.1, 0.15) is 17.2 Å². The molecule has 0 N–H and O–H groups in total. The largest absolute Gasteiger partial charge is 0.647 e. The van der Waals surface area contributed by atoms with Gasteiger partial charge in [0.05, 0.1) is 0 Å². The lowest BCUT2D eigenvalue weighted by molar-refractivity contribution is 0.299. The second-order valence-corrected chi connectivity index (χ2v) is 12.5. The van der Waals surface area contributed by atoms with E-state index in [1.807, 2.05) is 91.0 Å². The lowest BCUT2D eigenvalue weighted by Gasteiger charge is -2.23. The van der Waals surface area contributed by atoms with Crippen LogP contribution < -0.4 is 13.6 Å². The van der Waals surface area contributed by atoms with Crippen LogP contribution in [0.15, 0.2) is 146 Å². The fourth-order valence-electron chi connectivity index (χ4n) is 4.69. The molecular weight excluding hydrogens is 634 g/mol. The van der Waals surface area contributed by atoms with Gasteiger partial charge in [-0.15, -0.1) is 0 Å². The molecule has 0 unspecified atom stereocenters. The van der Waals surface area contributed by atoms with E-state index < -0.39 is 7.82 Å². The van der Waals surface area contributed by atoms with Gasteiger partial charge in [0.15, 0.2) is 0 Å². The Kier molecular flexibility index (Phi) is 8.97. The molecule has 0 aliphatic rings. The van der Waals surface area contributed by atoms with Crippen molar-refractivity contribution in [1.29, 1.82) is 0 Å². The normalized spacial score (nSPS) is 11.2. The number of halogens is 3. The predicted molar refractivity (Wildman–Crippen MR) is 180 cm³/mol. The fraction of sp³-hybridized carbons (Fsp3) is 0. The highest BCUT2D eigenvalue weighted by molar-refractivity contribution is 7.49. The van der Waals surface area contributed by atoms with Crippen molar-refractivity contribution in [2.75, 3.05) is 0 Å². The lowest BCUT2D eigenvalue weighted by Crippen LogP contribution is -2.09. The summed E-state index contributed by atoms with van der Waals surface area (Å²) in [4.78, 5) is 0. The first-order valence-electron chi connectivity index (χ1n) is 13.6. The molecule has 0 aliphatic heterocycles. The van der Waals surface area contributed by atoms with Crippen LogP contribution in [0.2, 0.25) is 15.1 Å². The molecule has 6 rings (SSSR count). The molecule has 0 saturated heterocycles. The Balaban J connectivity index is 1.49. The predicted octanol–water partition coefficient (Wildman–Crippen LogP) is 12.3. The van der Waals surface area contributed by atoms with Gasteiger partial charge in [0.25, 0.3) is 0 Å². The molecule has 6 aromatic carbocycles. The monoisotopic (exact) mass is 656 g/mol. The third kappa shape index (κ3) is 6.96. The summed E-state index contributed by atoms with van der Waals surface area (Å²) in [6, 6.07) is 43.7. The van der Waals surface area contributed by atoms with E-state index >= 15 is 0 Å². The maximum atomic E-state index is 15.0. The van der Waals surface area contributed by atoms with E-state index in [0.29, 0.717) is 31.8 Å². The van der Waals surface area contributed by atoms with Gasteiger partial charge in [-0.05, 0) is 71.3 Å². The molecule has 0 fully saturated rings. The molecule has 0 aromatic heterocycles. The van der Waals surface area contributed by atoms with E-state index in [0.717, 1.165) is 16.7 Å². The third-order valence-electron chi connectivity index (χ3n) is 6.71. The summed E-state index contributed by atoms with van der Waals surface area (Å²) in [5.74, 6) is 0.776. The first-order chi connectivity index (χ1) is 21.4. The van der Waals surface area contributed by atoms with Crippen molar-refractivity contribution in [2.24, 2.45) is 0 Å². The summed E-state index contributed by atoms with van der Waals surface area (Å²) < 4.78 is 33.8. The first kappa shape index (κ1) is 29.9. The van der Waals surface area contributed by atoms with Gasteiger partial charge in [0.2, 0.25) is 0 Å². The van der Waals surface area contributed by atoms with Crippen LogP contribution in [-0.4, -0.2) is 0 Å². The summed E-state index contributed by atoms with van der Waals surface area (Å²) in [5.41, 5.74) is 4.27. The highest BCUT2D eigenvalue weighted by Crippen LogP contribution is 2.55. The van der Waals surface area contributed by atoms with Crippen molar-refractivity contribution < 1.29 is 18.1 Å². The second kappa shape index (κ2) is 13.2. The number of phosphoric ester groups is 1. The molecule has 4 nitrogen and oxygen atoms in total. The van der Waals surface area contributed by atoms with Gasteiger partial charge in [-0.3, -0.25) is 0 Å². The van der Waals surface area contributed by atoms with Crippen LogP contribution >= 0.6 is 42.6 Å². The maximum Gasteiger partial charge on any atom is 0.647 e. The summed E-state index contributed by atoms with van der Waals surface area (Å²) in [5, 5.41) is 1.46. The van der Waals surface area contributed by atoms with E-state index in [1.165, 1.54) is 0 Å². The van der Waals surface area contributed by atoms with Crippen LogP contribution in [0.4, 0.5) is 0 Å². The average Bonchev–Trinajstić information content (AvgIpc) is 3.05. The summed E-state index contributed by atoms with van der Waals surface area (Å²) in [6.07, 6.45) is 0. The van der Waals surface area contributed by atoms with Crippen LogP contribution in [0.5, 0.6) is 17.2 Å². The van der Waals surface area contributed by atoms with Gasteiger partial charge in [-0.1, -0.05) is 126 Å². The molecule has 0 saturated carbocycles. The van der Waals surface area contributed by atoms with Crippen molar-refractivity contribution in [1.82, 2.24) is 0 Å². The van der Waals surface area contributed by atoms with Crippen molar-refractivity contribution in [2.45, 2.75) is 0 Å². The zero-order valence-electron chi connectivity index (χ0n) is 23.1. The third-order valence-corrected chi connectivity index (χ3v) is 8.68. The van der Waals surface area contributed by atoms with E-state index in [9.17, 15) is 4.57 Å². The highest BCUT2D eigenvalue weighted by atomic mass is 35.5. The summed E-state index contributed by atoms with van der Waals surface area (Å²) in [6.45, 7) is 0. The number of benzene rings is 6. The minimum Gasteiger partial charge on any atom is -0.385 e. The SMILES string of the molecule is O=P(Oc1ccc(Cl)cc1-c1ccccc1)(Oc1ccc(Cl)cc1-c1ccccc1)Oc1ccc(Cl)cc1-c1ccccc1. The highest BCUT2D eigenvalue weighted by Gasteiger charge is 2.36. The van der Waals surface area contributed by atoms with Crippen LogP contribution in [0.3, 0.4) is 0 Å². The maximum absolute atomic E-state index is 15.0. The molecule has 0 radical (unpaired) electrons. The van der Waals surface area contributed by atoms with Crippen LogP contribution in [0.25, 0.3) is 33.4 Å². The summed E-state index contributed by atoms with van der Waals surface area (Å²) in [7, 11) is -4.50.